The standard InChI is InChI=1S/C29H53BrN4O4Si/c1-18-15-23-26(24(30)16-18)33(3)28(36)29(23)19(2)27(39(5,6)22-9-7-21(37-4)8-10-22)25(38-29)11-13-34-17-20(12-14-35)31-32-34/h18-27,31-32,35H,7-17H2,1-6H3/t18?,19-,20?,21?,22?,23?,24?,25+,26?,27-,29+/m0/s1. The van der Waals surface area contributed by atoms with Crippen LogP contribution >= 0.6 is 15.9 Å². The topological polar surface area (TPSA) is 86.3 Å². The number of hydrogen-bond donors (Lipinski definition) is 3. The first-order valence-electron chi connectivity index (χ1n) is 15.5. The van der Waals surface area contributed by atoms with Gasteiger partial charge in [0.15, 0.2) is 5.60 Å². The highest BCUT2D eigenvalue weighted by Crippen LogP contribution is 2.62. The number of aliphatic hydroxyl groups excluding tert-OH is 1. The Bertz CT molecular complexity index is 876. The van der Waals surface area contributed by atoms with Crippen molar-refractivity contribution in [1.29, 1.82) is 0 Å². The quantitative estimate of drug-likeness (QED) is 0.277. The van der Waals surface area contributed by atoms with Crippen molar-refractivity contribution in [2.24, 2.45) is 17.8 Å². The summed E-state index contributed by atoms with van der Waals surface area (Å²) in [6.07, 6.45) is 9.10. The lowest BCUT2D eigenvalue weighted by Gasteiger charge is -2.45. The van der Waals surface area contributed by atoms with E-state index in [4.69, 9.17) is 9.47 Å². The average molecular weight is 630 g/mol. The number of likely N-dealkylation sites (N-methyl/N-ethyl adjacent to an activating group) is 1. The zero-order chi connectivity index (χ0) is 28.1. The number of likely N-dealkylation sites (tertiary alicyclic amines) is 1. The molecule has 8 nitrogen and oxygen atoms in total. The number of halogens is 1. The molecule has 1 amide bonds. The van der Waals surface area contributed by atoms with Crippen LogP contribution < -0.4 is 11.0 Å². The average Bonchev–Trinajstić information content (AvgIpc) is 3.54. The number of rotatable bonds is 8. The SMILES string of the molecule is COC1CCC([Si](C)(C)[C@@H]2[C@@H](CCN3CC(CCO)NN3)O[C@]3(C(=O)N(C)C4C(Br)CC(C)CC43)[C@H]2C)CC1. The van der Waals surface area contributed by atoms with Crippen molar-refractivity contribution in [3.63, 3.8) is 0 Å². The molecule has 0 radical (unpaired) electrons. The van der Waals surface area contributed by atoms with Crippen LogP contribution in [0.15, 0.2) is 0 Å². The number of ether oxygens (including phenoxy) is 2. The van der Waals surface area contributed by atoms with Crippen LogP contribution in [0, 0.1) is 17.8 Å². The fraction of sp³-hybridized carbons (Fsp3) is 0.966. The van der Waals surface area contributed by atoms with Crippen LogP contribution in [0.25, 0.3) is 0 Å². The number of nitrogens with zero attached hydrogens (tertiary/aromatic N) is 2. The Hall–Kier alpha value is -0.0731. The van der Waals surface area contributed by atoms with E-state index in [0.717, 1.165) is 57.2 Å². The third-order valence-corrected chi connectivity index (χ3v) is 17.8. The summed E-state index contributed by atoms with van der Waals surface area (Å²) in [5.74, 6) is 1.26. The van der Waals surface area contributed by atoms with Crippen LogP contribution in [0.4, 0.5) is 0 Å². The number of amides is 1. The van der Waals surface area contributed by atoms with E-state index in [2.05, 4.69) is 63.7 Å². The highest BCUT2D eigenvalue weighted by molar-refractivity contribution is 9.09. The zero-order valence-corrected chi connectivity index (χ0v) is 27.6. The van der Waals surface area contributed by atoms with Gasteiger partial charge in [0.05, 0.1) is 26.3 Å². The minimum atomic E-state index is -1.83. The number of aliphatic hydroxyl groups is 1. The maximum absolute atomic E-state index is 14.3. The van der Waals surface area contributed by atoms with Crippen molar-refractivity contribution < 1.29 is 19.4 Å². The van der Waals surface area contributed by atoms with E-state index in [1.807, 2.05) is 14.2 Å². The van der Waals surface area contributed by atoms with Gasteiger partial charge in [-0.15, -0.1) is 0 Å². The molecule has 1 spiro atoms. The monoisotopic (exact) mass is 628 g/mol. The van der Waals surface area contributed by atoms with Gasteiger partial charge in [-0.1, -0.05) is 55.7 Å². The highest BCUT2D eigenvalue weighted by atomic mass is 79.9. The van der Waals surface area contributed by atoms with E-state index in [1.165, 1.54) is 12.8 Å². The molecule has 10 heteroatoms. The van der Waals surface area contributed by atoms with Crippen LogP contribution in [-0.4, -0.2) is 97.6 Å². The normalized spacial score (nSPS) is 45.4. The second kappa shape index (κ2) is 11.9. The predicted molar refractivity (Wildman–Crippen MR) is 160 cm³/mol. The van der Waals surface area contributed by atoms with Gasteiger partial charge in [0.25, 0.3) is 5.91 Å². The molecule has 2 saturated carbocycles. The summed E-state index contributed by atoms with van der Waals surface area (Å²) >= 11 is 4.00. The Kier molecular flexibility index (Phi) is 9.27. The molecule has 5 fully saturated rings. The molecule has 0 aromatic heterocycles. The summed E-state index contributed by atoms with van der Waals surface area (Å²) in [4.78, 5) is 16.7. The van der Waals surface area contributed by atoms with Crippen LogP contribution in [0.1, 0.15) is 65.2 Å². The molecule has 39 heavy (non-hydrogen) atoms. The van der Waals surface area contributed by atoms with Gasteiger partial charge in [-0.25, -0.2) is 10.4 Å². The molecule has 0 aromatic rings. The maximum atomic E-state index is 14.3. The first-order valence-corrected chi connectivity index (χ1v) is 19.6. The number of alkyl halides is 1. The third kappa shape index (κ3) is 5.32. The number of hydrogen-bond acceptors (Lipinski definition) is 7. The van der Waals surface area contributed by atoms with E-state index >= 15 is 0 Å². The van der Waals surface area contributed by atoms with Crippen LogP contribution in [-0.2, 0) is 14.3 Å². The largest absolute Gasteiger partial charge is 0.396 e. The van der Waals surface area contributed by atoms with Crippen molar-refractivity contribution in [1.82, 2.24) is 20.9 Å². The Morgan fingerprint density at radius 3 is 2.56 bits per heavy atom. The summed E-state index contributed by atoms with van der Waals surface area (Å²) in [7, 11) is 2.05. The number of fused-ring (bicyclic) bond motifs is 2. The molecule has 5 aliphatic rings. The Labute approximate surface area is 245 Å². The minimum absolute atomic E-state index is 0.0858. The summed E-state index contributed by atoms with van der Waals surface area (Å²) in [5.41, 5.74) is 7.09. The summed E-state index contributed by atoms with van der Waals surface area (Å²) in [6, 6.07) is 0.467. The van der Waals surface area contributed by atoms with Crippen molar-refractivity contribution in [3.8, 4) is 0 Å². The minimum Gasteiger partial charge on any atom is -0.396 e. The van der Waals surface area contributed by atoms with Gasteiger partial charge in [0, 0.05) is 50.6 Å². The second-order valence-electron chi connectivity index (χ2n) is 14.1. The molecule has 224 valence electrons. The lowest BCUT2D eigenvalue weighted by molar-refractivity contribution is -0.155. The molecule has 3 heterocycles. The number of nitrogens with one attached hydrogen (secondary N) is 2. The van der Waals surface area contributed by atoms with Crippen molar-refractivity contribution >= 4 is 29.9 Å². The first-order chi connectivity index (χ1) is 18.5. The molecule has 3 aliphatic heterocycles. The van der Waals surface area contributed by atoms with Gasteiger partial charge in [0.1, 0.15) is 0 Å². The number of carbonyl (C=O) groups excluding carboxylic acids is 1. The van der Waals surface area contributed by atoms with Crippen LogP contribution in [0.5, 0.6) is 0 Å². The van der Waals surface area contributed by atoms with Crippen LogP contribution in [0.2, 0.25) is 24.2 Å². The van der Waals surface area contributed by atoms with Gasteiger partial charge >= 0.3 is 0 Å². The van der Waals surface area contributed by atoms with Crippen LogP contribution in [0.3, 0.4) is 0 Å². The number of hydrazine groups is 2. The molecule has 5 rings (SSSR count). The third-order valence-electron chi connectivity index (χ3n) is 11.6. The predicted octanol–water partition coefficient (Wildman–Crippen LogP) is 3.91. The maximum Gasteiger partial charge on any atom is 0.255 e. The lowest BCUT2D eigenvalue weighted by atomic mass is 9.69. The molecule has 0 aromatic carbocycles. The lowest BCUT2D eigenvalue weighted by Crippen LogP contribution is -2.52. The Morgan fingerprint density at radius 1 is 1.18 bits per heavy atom. The Morgan fingerprint density at radius 2 is 1.90 bits per heavy atom. The second-order valence-corrected chi connectivity index (χ2v) is 20.4. The van der Waals surface area contributed by atoms with Gasteiger partial charge in [-0.05, 0) is 61.4 Å². The van der Waals surface area contributed by atoms with Gasteiger partial charge < -0.3 is 19.5 Å². The van der Waals surface area contributed by atoms with Gasteiger partial charge in [-0.2, -0.15) is 5.53 Å². The van der Waals surface area contributed by atoms with E-state index in [9.17, 15) is 9.90 Å². The molecule has 3 saturated heterocycles. The van der Waals surface area contributed by atoms with E-state index in [-0.39, 0.29) is 42.5 Å². The summed E-state index contributed by atoms with van der Waals surface area (Å²) in [6.45, 7) is 11.9. The Balaban J connectivity index is 1.43. The van der Waals surface area contributed by atoms with Gasteiger partial charge in [0.2, 0.25) is 0 Å². The molecular formula is C29H53BrN4O4Si. The first kappa shape index (κ1) is 30.4. The van der Waals surface area contributed by atoms with E-state index in [1.54, 1.807) is 0 Å². The molecule has 5 unspecified atom stereocenters. The van der Waals surface area contributed by atoms with Crippen molar-refractivity contribution in [3.05, 3.63) is 0 Å². The number of methoxy groups -OCH3 is 1. The molecule has 0 bridgehead atoms. The molecule has 9 atom stereocenters. The summed E-state index contributed by atoms with van der Waals surface area (Å²) in [5, 5.41) is 11.6. The van der Waals surface area contributed by atoms with Crippen molar-refractivity contribution in [2.45, 2.75) is 124 Å². The molecule has 2 aliphatic carbocycles. The van der Waals surface area contributed by atoms with Gasteiger partial charge in [-0.3, -0.25) is 4.79 Å². The molecular weight excluding hydrogens is 576 g/mol. The fourth-order valence-corrected chi connectivity index (χ4v) is 16.1. The van der Waals surface area contributed by atoms with E-state index < -0.39 is 13.7 Å². The van der Waals surface area contributed by atoms with Crippen molar-refractivity contribution in [2.75, 3.05) is 33.9 Å². The highest BCUT2D eigenvalue weighted by Gasteiger charge is 2.71. The molecule has 3 N–H and O–H groups in total. The zero-order valence-electron chi connectivity index (χ0n) is 25.0. The summed E-state index contributed by atoms with van der Waals surface area (Å²) < 4.78 is 13.0. The smallest absolute Gasteiger partial charge is 0.255 e. The number of carbonyl (C=O) groups is 1. The van der Waals surface area contributed by atoms with E-state index in [0.29, 0.717) is 22.4 Å². The fourth-order valence-electron chi connectivity index (χ4n) is 9.61.